The van der Waals surface area contributed by atoms with Crippen molar-refractivity contribution in [1.82, 2.24) is 14.8 Å². The fourth-order valence-corrected chi connectivity index (χ4v) is 3.11. The van der Waals surface area contributed by atoms with Gasteiger partial charge >= 0.3 is 0 Å². The zero-order valence-corrected chi connectivity index (χ0v) is 13.9. The molecule has 0 amide bonds. The lowest BCUT2D eigenvalue weighted by Gasteiger charge is -2.33. The molecular formula is C17H29N3O. The Labute approximate surface area is 128 Å². The third-order valence-electron chi connectivity index (χ3n) is 4.13. The van der Waals surface area contributed by atoms with E-state index >= 15 is 0 Å². The van der Waals surface area contributed by atoms with Crippen LogP contribution in [0.2, 0.25) is 0 Å². The fourth-order valence-electron chi connectivity index (χ4n) is 3.11. The van der Waals surface area contributed by atoms with Crippen LogP contribution in [-0.2, 0) is 4.74 Å². The van der Waals surface area contributed by atoms with Gasteiger partial charge in [0.05, 0.1) is 5.70 Å². The topological polar surface area (TPSA) is 39.9 Å². The van der Waals surface area contributed by atoms with Crippen molar-refractivity contribution in [1.29, 1.82) is 0 Å². The molecule has 0 spiro atoms. The van der Waals surface area contributed by atoms with E-state index in [1.54, 1.807) is 12.7 Å². The largest absolute Gasteiger partial charge is 0.372 e. The summed E-state index contributed by atoms with van der Waals surface area (Å²) in [6.07, 6.45) is 12.4. The molecule has 2 rings (SSSR count). The summed E-state index contributed by atoms with van der Waals surface area (Å²) < 4.78 is 7.97. The van der Waals surface area contributed by atoms with E-state index in [1.165, 1.54) is 32.1 Å². The maximum absolute atomic E-state index is 6.08. The molecule has 0 saturated heterocycles. The van der Waals surface area contributed by atoms with Crippen molar-refractivity contribution < 1.29 is 4.74 Å². The van der Waals surface area contributed by atoms with Crippen LogP contribution in [0.3, 0.4) is 0 Å². The standard InChI is InChI=1S/C17H29N3O/c1-5-21-16(17(2,3)4)15(20-13-18-12-19-20)11-14-9-7-6-8-10-14/h11-14,16H,5-10H2,1-4H3/b15-11-. The third-order valence-corrected chi connectivity index (χ3v) is 4.13. The van der Waals surface area contributed by atoms with Gasteiger partial charge in [-0.25, -0.2) is 9.67 Å². The van der Waals surface area contributed by atoms with Gasteiger partial charge in [0.25, 0.3) is 0 Å². The first-order valence-electron chi connectivity index (χ1n) is 8.20. The van der Waals surface area contributed by atoms with Crippen molar-refractivity contribution in [2.24, 2.45) is 11.3 Å². The number of ether oxygens (including phenoxy) is 1. The van der Waals surface area contributed by atoms with Crippen LogP contribution in [0.25, 0.3) is 5.70 Å². The molecule has 1 aromatic rings. The Bertz CT molecular complexity index is 439. The van der Waals surface area contributed by atoms with Gasteiger partial charge in [0.1, 0.15) is 18.8 Å². The molecule has 1 fully saturated rings. The summed E-state index contributed by atoms with van der Waals surface area (Å²) in [5, 5.41) is 4.36. The maximum atomic E-state index is 6.08. The van der Waals surface area contributed by atoms with Gasteiger partial charge in [0, 0.05) is 6.61 Å². The van der Waals surface area contributed by atoms with Crippen molar-refractivity contribution >= 4 is 5.70 Å². The van der Waals surface area contributed by atoms with Gasteiger partial charge in [-0.1, -0.05) is 46.1 Å². The molecule has 118 valence electrons. The van der Waals surface area contributed by atoms with Gasteiger partial charge in [0.2, 0.25) is 0 Å². The van der Waals surface area contributed by atoms with Crippen LogP contribution in [0.4, 0.5) is 0 Å². The number of hydrogen-bond donors (Lipinski definition) is 0. The monoisotopic (exact) mass is 291 g/mol. The van der Waals surface area contributed by atoms with Crippen LogP contribution >= 0.6 is 0 Å². The van der Waals surface area contributed by atoms with Crippen molar-refractivity contribution in [2.45, 2.75) is 65.9 Å². The molecule has 0 N–H and O–H groups in total. The minimum absolute atomic E-state index is 0.0302. The number of allylic oxidation sites excluding steroid dienone is 1. The van der Waals surface area contributed by atoms with Crippen LogP contribution in [-0.4, -0.2) is 27.5 Å². The number of nitrogens with zero attached hydrogens (tertiary/aromatic N) is 3. The molecule has 1 atom stereocenters. The lowest BCUT2D eigenvalue weighted by Crippen LogP contribution is -2.33. The summed E-state index contributed by atoms with van der Waals surface area (Å²) >= 11 is 0. The molecule has 0 aliphatic heterocycles. The van der Waals surface area contributed by atoms with Crippen molar-refractivity contribution in [3.8, 4) is 0 Å². The molecule has 1 saturated carbocycles. The number of rotatable bonds is 5. The summed E-state index contributed by atoms with van der Waals surface area (Å²) in [4.78, 5) is 4.12. The molecule has 0 bridgehead atoms. The lowest BCUT2D eigenvalue weighted by molar-refractivity contribution is 0.0251. The first kappa shape index (κ1) is 16.2. The predicted molar refractivity (Wildman–Crippen MR) is 85.7 cm³/mol. The molecule has 1 aliphatic rings. The van der Waals surface area contributed by atoms with E-state index in [1.807, 2.05) is 4.68 Å². The molecular weight excluding hydrogens is 262 g/mol. The molecule has 1 aliphatic carbocycles. The van der Waals surface area contributed by atoms with Gasteiger partial charge < -0.3 is 4.74 Å². The summed E-state index contributed by atoms with van der Waals surface area (Å²) in [5.74, 6) is 0.642. The van der Waals surface area contributed by atoms with Crippen molar-refractivity contribution in [3.05, 3.63) is 18.7 Å². The van der Waals surface area contributed by atoms with Crippen molar-refractivity contribution in [2.75, 3.05) is 6.61 Å². The highest BCUT2D eigenvalue weighted by Crippen LogP contribution is 2.33. The lowest BCUT2D eigenvalue weighted by atomic mass is 9.83. The van der Waals surface area contributed by atoms with E-state index < -0.39 is 0 Å². The summed E-state index contributed by atoms with van der Waals surface area (Å²) in [5.41, 5.74) is 1.18. The maximum Gasteiger partial charge on any atom is 0.138 e. The SMILES string of the molecule is CCOC(/C(=C/C1CCCCC1)n1cncn1)C(C)(C)C. The van der Waals surface area contributed by atoms with Crippen LogP contribution < -0.4 is 0 Å². The average molecular weight is 291 g/mol. The normalized spacial score (nSPS) is 19.7. The van der Waals surface area contributed by atoms with Gasteiger partial charge in [-0.15, -0.1) is 0 Å². The molecule has 1 heterocycles. The Balaban J connectivity index is 2.32. The van der Waals surface area contributed by atoms with Crippen LogP contribution in [0, 0.1) is 11.3 Å². The van der Waals surface area contributed by atoms with E-state index in [9.17, 15) is 0 Å². The minimum Gasteiger partial charge on any atom is -0.372 e. The van der Waals surface area contributed by atoms with Crippen LogP contribution in [0.5, 0.6) is 0 Å². The molecule has 0 radical (unpaired) electrons. The molecule has 1 unspecified atom stereocenters. The zero-order valence-electron chi connectivity index (χ0n) is 13.9. The van der Waals surface area contributed by atoms with Gasteiger partial charge in [-0.3, -0.25) is 0 Å². The molecule has 4 heteroatoms. The highest BCUT2D eigenvalue weighted by atomic mass is 16.5. The second-order valence-corrected chi connectivity index (χ2v) is 7.03. The van der Waals surface area contributed by atoms with Crippen molar-refractivity contribution in [3.63, 3.8) is 0 Å². The number of aromatic nitrogens is 3. The van der Waals surface area contributed by atoms with Crippen LogP contribution in [0.15, 0.2) is 18.7 Å². The Morgan fingerprint density at radius 2 is 2.05 bits per heavy atom. The fraction of sp³-hybridized carbons (Fsp3) is 0.765. The minimum atomic E-state index is 0.0302. The van der Waals surface area contributed by atoms with Crippen LogP contribution in [0.1, 0.15) is 59.8 Å². The van der Waals surface area contributed by atoms with Gasteiger partial charge in [-0.2, -0.15) is 5.10 Å². The van der Waals surface area contributed by atoms with E-state index in [4.69, 9.17) is 4.74 Å². The highest BCUT2D eigenvalue weighted by molar-refractivity contribution is 5.50. The average Bonchev–Trinajstić information content (AvgIpc) is 2.96. The molecule has 0 aromatic carbocycles. The Morgan fingerprint density at radius 3 is 2.57 bits per heavy atom. The quantitative estimate of drug-likeness (QED) is 0.818. The second kappa shape index (κ2) is 7.21. The van der Waals surface area contributed by atoms with E-state index in [0.29, 0.717) is 12.5 Å². The Morgan fingerprint density at radius 1 is 1.33 bits per heavy atom. The third kappa shape index (κ3) is 4.40. The Hall–Kier alpha value is -1.16. The summed E-state index contributed by atoms with van der Waals surface area (Å²) in [6.45, 7) is 9.42. The predicted octanol–water partition coefficient (Wildman–Crippen LogP) is 4.15. The Kier molecular flexibility index (Phi) is 5.57. The molecule has 1 aromatic heterocycles. The van der Waals surface area contributed by atoms with Gasteiger partial charge in [0.15, 0.2) is 0 Å². The van der Waals surface area contributed by atoms with E-state index in [-0.39, 0.29) is 11.5 Å². The van der Waals surface area contributed by atoms with E-state index in [0.717, 1.165) is 5.70 Å². The molecule has 21 heavy (non-hydrogen) atoms. The molecule has 4 nitrogen and oxygen atoms in total. The zero-order chi connectivity index (χ0) is 15.3. The smallest absolute Gasteiger partial charge is 0.138 e. The number of hydrogen-bond acceptors (Lipinski definition) is 3. The summed E-state index contributed by atoms with van der Waals surface area (Å²) in [7, 11) is 0. The second-order valence-electron chi connectivity index (χ2n) is 7.03. The first-order valence-corrected chi connectivity index (χ1v) is 8.20. The van der Waals surface area contributed by atoms with Gasteiger partial charge in [-0.05, 0) is 31.1 Å². The first-order chi connectivity index (χ1) is 10.0. The van der Waals surface area contributed by atoms with E-state index in [2.05, 4.69) is 43.9 Å². The summed E-state index contributed by atoms with van der Waals surface area (Å²) in [6, 6.07) is 0. The highest BCUT2D eigenvalue weighted by Gasteiger charge is 2.31.